The van der Waals surface area contributed by atoms with Crippen molar-refractivity contribution in [2.24, 2.45) is 0 Å². The summed E-state index contributed by atoms with van der Waals surface area (Å²) in [6.45, 7) is 5.46. The maximum absolute atomic E-state index is 12.7. The van der Waals surface area contributed by atoms with E-state index in [0.29, 0.717) is 24.1 Å². The summed E-state index contributed by atoms with van der Waals surface area (Å²) in [4.78, 5) is 22.8. The van der Waals surface area contributed by atoms with Crippen LogP contribution in [0, 0.1) is 0 Å². The first kappa shape index (κ1) is 53.9. The molecule has 0 saturated carbocycles. The lowest BCUT2D eigenvalue weighted by atomic mass is 10.1. The van der Waals surface area contributed by atoms with Crippen molar-refractivity contribution < 1.29 is 37.3 Å². The Hall–Kier alpha value is -2.06. The zero-order valence-electron chi connectivity index (χ0n) is 36.6. The van der Waals surface area contributed by atoms with Crippen LogP contribution in [0.4, 0.5) is 0 Å². The summed E-state index contributed by atoms with van der Waals surface area (Å²) in [5.74, 6) is -0.332. The Labute approximate surface area is 344 Å². The van der Waals surface area contributed by atoms with E-state index >= 15 is 0 Å². The van der Waals surface area contributed by atoms with E-state index in [1.807, 2.05) is 21.1 Å². The first-order valence-corrected chi connectivity index (χ1v) is 23.7. The summed E-state index contributed by atoms with van der Waals surface area (Å²) in [6.07, 6.45) is 50.8. The second-order valence-electron chi connectivity index (χ2n) is 15.7. The van der Waals surface area contributed by atoms with Crippen molar-refractivity contribution in [2.75, 3.05) is 54.1 Å². The third kappa shape index (κ3) is 43.1. The number of carbonyl (C=O) groups is 1. The van der Waals surface area contributed by atoms with Gasteiger partial charge in [-0.05, 0) is 64.2 Å². The highest BCUT2D eigenvalue weighted by Gasteiger charge is 2.26. The van der Waals surface area contributed by atoms with Crippen molar-refractivity contribution in [3.05, 3.63) is 72.9 Å². The summed E-state index contributed by atoms with van der Waals surface area (Å²) < 4.78 is 34.9. The summed E-state index contributed by atoms with van der Waals surface area (Å²) >= 11 is 0. The van der Waals surface area contributed by atoms with Crippen LogP contribution in [0.1, 0.15) is 162 Å². The molecular weight excluding hydrogens is 721 g/mol. The van der Waals surface area contributed by atoms with E-state index in [0.717, 1.165) is 83.5 Å². The van der Waals surface area contributed by atoms with Gasteiger partial charge in [-0.25, -0.2) is 4.57 Å². The average molecular weight is 807 g/mol. The van der Waals surface area contributed by atoms with Crippen LogP contribution in [-0.4, -0.2) is 75.6 Å². The zero-order chi connectivity index (χ0) is 41.3. The molecule has 2 unspecified atom stereocenters. The Morgan fingerprint density at radius 1 is 0.571 bits per heavy atom. The Bertz CT molecular complexity index is 1120. The molecule has 0 aliphatic heterocycles. The number of esters is 1. The molecule has 0 heterocycles. The number of carbonyl (C=O) groups excluding carboxylic acids is 1. The number of hydrogen-bond acceptors (Lipinski definition) is 6. The van der Waals surface area contributed by atoms with E-state index < -0.39 is 13.9 Å². The van der Waals surface area contributed by atoms with Crippen LogP contribution in [-0.2, 0) is 27.9 Å². The number of quaternary nitrogens is 1. The van der Waals surface area contributed by atoms with Gasteiger partial charge in [0.2, 0.25) is 0 Å². The summed E-state index contributed by atoms with van der Waals surface area (Å²) in [7, 11) is 1.65. The van der Waals surface area contributed by atoms with Gasteiger partial charge in [0.25, 0.3) is 0 Å². The van der Waals surface area contributed by atoms with Crippen molar-refractivity contribution in [2.45, 2.75) is 168 Å². The minimum Gasteiger partial charge on any atom is -0.457 e. The lowest BCUT2D eigenvalue weighted by Gasteiger charge is -2.24. The molecule has 324 valence electrons. The van der Waals surface area contributed by atoms with Gasteiger partial charge in [0.05, 0.1) is 34.4 Å². The largest absolute Gasteiger partial charge is 0.472 e. The highest BCUT2D eigenvalue weighted by Crippen LogP contribution is 2.43. The topological polar surface area (TPSA) is 91.3 Å². The van der Waals surface area contributed by atoms with Crippen LogP contribution in [0.25, 0.3) is 0 Å². The lowest BCUT2D eigenvalue weighted by molar-refractivity contribution is -0.870. The lowest BCUT2D eigenvalue weighted by Crippen LogP contribution is -2.37. The van der Waals surface area contributed by atoms with Crippen molar-refractivity contribution >= 4 is 13.8 Å². The van der Waals surface area contributed by atoms with Crippen LogP contribution in [0.15, 0.2) is 72.9 Å². The number of phosphoric ester groups is 1. The molecule has 0 rings (SSSR count). The molecular formula is C47H85NO7P+. The molecule has 0 aromatic carbocycles. The first-order valence-electron chi connectivity index (χ1n) is 22.2. The molecule has 0 amide bonds. The molecule has 0 aromatic rings. The van der Waals surface area contributed by atoms with Gasteiger partial charge in [0.15, 0.2) is 0 Å². The molecule has 0 radical (unpaired) electrons. The molecule has 0 bridgehead atoms. The van der Waals surface area contributed by atoms with Crippen molar-refractivity contribution in [3.63, 3.8) is 0 Å². The van der Waals surface area contributed by atoms with E-state index in [-0.39, 0.29) is 25.8 Å². The molecule has 1 N–H and O–H groups in total. The fourth-order valence-electron chi connectivity index (χ4n) is 5.61. The standard InChI is InChI=1S/C47H84NO7P/c1-6-8-10-12-14-16-17-18-19-20-21-22-23-24-25-26-27-28-29-30-31-32-34-36-38-40-47(49)55-46(45-54-56(50,51)53-43-41-48(3,4)5)44-52-42-39-37-35-33-15-13-11-9-7-2/h8,10,14,16,18-19,21-22,24-25,27-28,46H,6-7,9,11-13,15,17,20,23,26,29-45H2,1-5H3/p+1/b10-8-,16-14-,19-18-,22-21-,25-24-,28-27-. The van der Waals surface area contributed by atoms with Crippen LogP contribution >= 0.6 is 7.82 Å². The Kier molecular flexibility index (Phi) is 38.3. The van der Waals surface area contributed by atoms with Gasteiger partial charge >= 0.3 is 13.8 Å². The smallest absolute Gasteiger partial charge is 0.457 e. The van der Waals surface area contributed by atoms with Crippen LogP contribution in [0.2, 0.25) is 0 Å². The Morgan fingerprint density at radius 3 is 1.55 bits per heavy atom. The van der Waals surface area contributed by atoms with E-state index in [2.05, 4.69) is 86.8 Å². The van der Waals surface area contributed by atoms with Gasteiger partial charge in [0.1, 0.15) is 19.3 Å². The molecule has 0 spiro atoms. The predicted octanol–water partition coefficient (Wildman–Crippen LogP) is 13.1. The number of rotatable bonds is 40. The number of allylic oxidation sites excluding steroid dienone is 12. The third-order valence-corrected chi connectivity index (χ3v) is 10.0. The summed E-state index contributed by atoms with van der Waals surface area (Å²) in [5.41, 5.74) is 0. The fraction of sp³-hybridized carbons (Fsp3) is 0.723. The molecule has 56 heavy (non-hydrogen) atoms. The second-order valence-corrected chi connectivity index (χ2v) is 17.2. The second kappa shape index (κ2) is 39.8. The van der Waals surface area contributed by atoms with Crippen LogP contribution in [0.3, 0.4) is 0 Å². The van der Waals surface area contributed by atoms with Gasteiger partial charge in [-0.15, -0.1) is 0 Å². The van der Waals surface area contributed by atoms with Gasteiger partial charge < -0.3 is 18.9 Å². The fourth-order valence-corrected chi connectivity index (χ4v) is 6.35. The van der Waals surface area contributed by atoms with Crippen molar-refractivity contribution in [3.8, 4) is 0 Å². The highest BCUT2D eigenvalue weighted by atomic mass is 31.2. The van der Waals surface area contributed by atoms with E-state index in [9.17, 15) is 14.3 Å². The number of phosphoric acid groups is 1. The summed E-state index contributed by atoms with van der Waals surface area (Å²) in [6, 6.07) is 0. The van der Waals surface area contributed by atoms with Crippen LogP contribution < -0.4 is 0 Å². The minimum atomic E-state index is -4.28. The monoisotopic (exact) mass is 807 g/mol. The minimum absolute atomic E-state index is 0.0827. The highest BCUT2D eigenvalue weighted by molar-refractivity contribution is 7.47. The number of nitrogens with zero attached hydrogens (tertiary/aromatic N) is 1. The Morgan fingerprint density at radius 2 is 1.04 bits per heavy atom. The van der Waals surface area contributed by atoms with Crippen molar-refractivity contribution in [1.29, 1.82) is 0 Å². The molecule has 0 saturated heterocycles. The molecule has 0 aliphatic carbocycles. The first-order chi connectivity index (χ1) is 27.1. The zero-order valence-corrected chi connectivity index (χ0v) is 37.5. The molecule has 8 nitrogen and oxygen atoms in total. The maximum Gasteiger partial charge on any atom is 0.472 e. The summed E-state index contributed by atoms with van der Waals surface area (Å²) in [5, 5.41) is 0. The Balaban J connectivity index is 4.18. The normalized spacial score (nSPS) is 14.5. The molecule has 9 heteroatoms. The molecule has 0 fully saturated rings. The van der Waals surface area contributed by atoms with E-state index in [4.69, 9.17) is 18.5 Å². The number of likely N-dealkylation sites (N-methyl/N-ethyl adjacent to an activating group) is 1. The number of ether oxygens (including phenoxy) is 2. The van der Waals surface area contributed by atoms with E-state index in [1.54, 1.807) is 0 Å². The SMILES string of the molecule is CC/C=C\C/C=C\C/C=C\C/C=C\C/C=C\C/C=C\CCCCCCCCC(=O)OC(COCCCCCCCCCCC)COP(=O)(O)OCC[N+](C)(C)C. The molecule has 2 atom stereocenters. The number of unbranched alkanes of at least 4 members (excludes halogenated alkanes) is 14. The third-order valence-electron chi connectivity index (χ3n) is 9.03. The quantitative estimate of drug-likeness (QED) is 0.0217. The van der Waals surface area contributed by atoms with Gasteiger partial charge in [-0.1, -0.05) is 164 Å². The molecule has 0 aromatic heterocycles. The predicted molar refractivity (Wildman–Crippen MR) is 238 cm³/mol. The molecule has 0 aliphatic rings. The van der Waals surface area contributed by atoms with Crippen molar-refractivity contribution in [1.82, 2.24) is 0 Å². The van der Waals surface area contributed by atoms with E-state index in [1.165, 1.54) is 57.8 Å². The average Bonchev–Trinajstić information content (AvgIpc) is 3.15. The number of hydrogen-bond donors (Lipinski definition) is 1. The van der Waals surface area contributed by atoms with Gasteiger partial charge in [-0.3, -0.25) is 13.8 Å². The van der Waals surface area contributed by atoms with Gasteiger partial charge in [-0.2, -0.15) is 0 Å². The maximum atomic E-state index is 12.7. The van der Waals surface area contributed by atoms with Crippen LogP contribution in [0.5, 0.6) is 0 Å². The van der Waals surface area contributed by atoms with Gasteiger partial charge in [0, 0.05) is 13.0 Å².